The lowest BCUT2D eigenvalue weighted by Gasteiger charge is -2.36. The molecule has 1 amide bonds. The number of benzene rings is 1. The van der Waals surface area contributed by atoms with Crippen LogP contribution in [0.2, 0.25) is 0 Å². The third-order valence-electron chi connectivity index (χ3n) is 7.00. The Labute approximate surface area is 204 Å². The van der Waals surface area contributed by atoms with Gasteiger partial charge in [0.2, 0.25) is 5.89 Å². The highest BCUT2D eigenvalue weighted by Gasteiger charge is 2.50. The fourth-order valence-electron chi connectivity index (χ4n) is 5.36. The van der Waals surface area contributed by atoms with Gasteiger partial charge in [-0.25, -0.2) is 9.78 Å². The van der Waals surface area contributed by atoms with Crippen molar-refractivity contribution < 1.29 is 27.2 Å². The normalized spacial score (nSPS) is 22.8. The number of carbonyl (C=O) groups is 1. The summed E-state index contributed by atoms with van der Waals surface area (Å²) >= 11 is 0. The van der Waals surface area contributed by atoms with Crippen LogP contribution in [-0.4, -0.2) is 49.4 Å². The van der Waals surface area contributed by atoms with Gasteiger partial charge in [0.25, 0.3) is 5.82 Å². The van der Waals surface area contributed by atoms with Gasteiger partial charge in [0, 0.05) is 13.1 Å². The maximum atomic E-state index is 12.9. The van der Waals surface area contributed by atoms with Crippen molar-refractivity contribution in [3.8, 4) is 6.07 Å². The molecular formula is C24H25F3N6O3. The van der Waals surface area contributed by atoms with Crippen LogP contribution in [0.1, 0.15) is 56.8 Å². The molecule has 5 rings (SSSR count). The van der Waals surface area contributed by atoms with Crippen LogP contribution in [-0.2, 0) is 22.9 Å². The number of alkyl halides is 3. The third kappa shape index (κ3) is 4.50. The SMILES string of the molecule is CC(C)(CN1CC2(CCCC(Cn3cnc4ccc(C#N)cc43)C2)OC1=O)c1nc(C(F)(F)F)no1. The zero-order valence-electron chi connectivity index (χ0n) is 19.9. The van der Waals surface area contributed by atoms with Crippen molar-refractivity contribution >= 4 is 17.1 Å². The number of amides is 1. The summed E-state index contributed by atoms with van der Waals surface area (Å²) in [5, 5.41) is 12.3. The number of ether oxygens (including phenoxy) is 1. The van der Waals surface area contributed by atoms with Crippen LogP contribution in [0, 0.1) is 17.2 Å². The number of rotatable bonds is 5. The number of fused-ring (bicyclic) bond motifs is 1. The highest BCUT2D eigenvalue weighted by Crippen LogP contribution is 2.42. The van der Waals surface area contributed by atoms with Gasteiger partial charge in [-0.3, -0.25) is 0 Å². The van der Waals surface area contributed by atoms with E-state index < -0.39 is 29.1 Å². The lowest BCUT2D eigenvalue weighted by molar-refractivity contribution is -0.146. The molecule has 9 nitrogen and oxygen atoms in total. The molecule has 2 atom stereocenters. The average molecular weight is 502 g/mol. The Morgan fingerprint density at radius 1 is 1.31 bits per heavy atom. The van der Waals surface area contributed by atoms with E-state index in [4.69, 9.17) is 9.26 Å². The molecule has 0 N–H and O–H groups in total. The first-order valence-electron chi connectivity index (χ1n) is 11.7. The molecule has 1 aliphatic heterocycles. The number of hydrogen-bond acceptors (Lipinski definition) is 7. The maximum Gasteiger partial charge on any atom is 0.455 e. The first kappa shape index (κ1) is 24.1. The molecule has 1 aliphatic carbocycles. The van der Waals surface area contributed by atoms with Crippen LogP contribution in [0.25, 0.3) is 11.0 Å². The predicted octanol–water partition coefficient (Wildman–Crippen LogP) is 4.67. The summed E-state index contributed by atoms with van der Waals surface area (Å²) < 4.78 is 51.5. The van der Waals surface area contributed by atoms with Crippen LogP contribution in [0.4, 0.5) is 18.0 Å². The molecule has 2 unspecified atom stereocenters. The first-order chi connectivity index (χ1) is 17.0. The molecule has 1 aromatic carbocycles. The van der Waals surface area contributed by atoms with Crippen molar-refractivity contribution in [2.75, 3.05) is 13.1 Å². The highest BCUT2D eigenvalue weighted by molar-refractivity contribution is 5.77. The minimum absolute atomic E-state index is 0.0842. The standard InChI is InChI=1S/C24H25F3N6O3/c1-22(2,20-30-19(31-36-20)24(25,26)27)12-33-13-23(35-21(33)34)7-3-4-16(9-23)11-32-14-29-17-6-5-15(10-28)8-18(17)32/h5-6,8,14,16H,3-4,7,9,11-13H2,1-2H3. The summed E-state index contributed by atoms with van der Waals surface area (Å²) in [6.45, 7) is 4.42. The van der Waals surface area contributed by atoms with Crippen LogP contribution >= 0.6 is 0 Å². The van der Waals surface area contributed by atoms with Crippen LogP contribution in [0.15, 0.2) is 29.0 Å². The molecule has 36 heavy (non-hydrogen) atoms. The number of nitriles is 1. The summed E-state index contributed by atoms with van der Waals surface area (Å²) in [7, 11) is 0. The van der Waals surface area contributed by atoms with E-state index in [2.05, 4.69) is 21.2 Å². The monoisotopic (exact) mass is 502 g/mol. The number of aromatic nitrogens is 4. The zero-order valence-corrected chi connectivity index (χ0v) is 19.9. The molecular weight excluding hydrogens is 477 g/mol. The summed E-state index contributed by atoms with van der Waals surface area (Å²) in [5.41, 5.74) is 0.614. The van der Waals surface area contributed by atoms with Gasteiger partial charge in [-0.15, -0.1) is 0 Å². The number of imidazole rings is 1. The minimum Gasteiger partial charge on any atom is -0.441 e. The molecule has 0 radical (unpaired) electrons. The second-order valence-corrected chi connectivity index (χ2v) is 10.4. The summed E-state index contributed by atoms with van der Waals surface area (Å²) in [6, 6.07) is 7.54. The van der Waals surface area contributed by atoms with Crippen molar-refractivity contribution in [2.45, 2.75) is 63.3 Å². The molecule has 190 valence electrons. The average Bonchev–Trinajstić information content (AvgIpc) is 3.52. The number of hydrogen-bond donors (Lipinski definition) is 0. The van der Waals surface area contributed by atoms with Gasteiger partial charge >= 0.3 is 12.3 Å². The molecule has 3 aromatic rings. The van der Waals surface area contributed by atoms with Gasteiger partial charge in [0.05, 0.1) is 41.0 Å². The van der Waals surface area contributed by atoms with Gasteiger partial charge < -0.3 is 18.7 Å². The van der Waals surface area contributed by atoms with Gasteiger partial charge in [0.1, 0.15) is 5.60 Å². The summed E-state index contributed by atoms with van der Waals surface area (Å²) in [6.07, 6.45) is -0.217. The fourth-order valence-corrected chi connectivity index (χ4v) is 5.36. The van der Waals surface area contributed by atoms with Crippen LogP contribution in [0.5, 0.6) is 0 Å². The molecule has 2 aromatic heterocycles. The van der Waals surface area contributed by atoms with Gasteiger partial charge in [-0.05, 0) is 63.6 Å². The molecule has 0 bridgehead atoms. The maximum absolute atomic E-state index is 12.9. The van der Waals surface area contributed by atoms with Crippen molar-refractivity contribution in [1.29, 1.82) is 5.26 Å². The lowest BCUT2D eigenvalue weighted by Crippen LogP contribution is -2.43. The van der Waals surface area contributed by atoms with E-state index in [1.807, 2.05) is 16.7 Å². The summed E-state index contributed by atoms with van der Waals surface area (Å²) in [4.78, 5) is 22.3. The van der Waals surface area contributed by atoms with E-state index in [0.717, 1.165) is 23.9 Å². The van der Waals surface area contributed by atoms with Crippen molar-refractivity contribution in [2.24, 2.45) is 5.92 Å². The van der Waals surface area contributed by atoms with Gasteiger partial charge in [0.15, 0.2) is 0 Å². The number of nitrogens with zero attached hydrogens (tertiary/aromatic N) is 6. The minimum atomic E-state index is -4.71. The smallest absolute Gasteiger partial charge is 0.441 e. The Balaban J connectivity index is 1.28. The Kier molecular flexibility index (Phi) is 5.69. The molecule has 1 saturated heterocycles. The fraction of sp³-hybridized carbons (Fsp3) is 0.542. The lowest BCUT2D eigenvalue weighted by atomic mass is 9.77. The van der Waals surface area contributed by atoms with E-state index in [1.165, 1.54) is 4.90 Å². The van der Waals surface area contributed by atoms with Crippen LogP contribution < -0.4 is 0 Å². The first-order valence-corrected chi connectivity index (χ1v) is 11.7. The van der Waals surface area contributed by atoms with E-state index in [9.17, 15) is 23.2 Å². The second-order valence-electron chi connectivity index (χ2n) is 10.4. The molecule has 2 fully saturated rings. The largest absolute Gasteiger partial charge is 0.455 e. The molecule has 3 heterocycles. The Morgan fingerprint density at radius 3 is 2.83 bits per heavy atom. The van der Waals surface area contributed by atoms with E-state index >= 15 is 0 Å². The third-order valence-corrected chi connectivity index (χ3v) is 7.00. The molecule has 12 heteroatoms. The topological polar surface area (TPSA) is 110 Å². The van der Waals surface area contributed by atoms with Gasteiger partial charge in [-0.1, -0.05) is 5.16 Å². The Bertz CT molecular complexity index is 1340. The quantitative estimate of drug-likeness (QED) is 0.499. The number of carbonyl (C=O) groups excluding carboxylic acids is 1. The molecule has 1 spiro atoms. The van der Waals surface area contributed by atoms with E-state index in [-0.39, 0.29) is 18.4 Å². The Hall–Kier alpha value is -3.62. The zero-order chi connectivity index (χ0) is 25.7. The van der Waals surface area contributed by atoms with E-state index in [1.54, 1.807) is 26.2 Å². The Morgan fingerprint density at radius 2 is 2.11 bits per heavy atom. The highest BCUT2D eigenvalue weighted by atomic mass is 19.4. The second kappa shape index (κ2) is 8.50. The molecule has 1 saturated carbocycles. The van der Waals surface area contributed by atoms with E-state index in [0.29, 0.717) is 31.5 Å². The van der Waals surface area contributed by atoms with Crippen molar-refractivity contribution in [3.05, 3.63) is 41.8 Å². The molecule has 2 aliphatic rings. The summed E-state index contributed by atoms with van der Waals surface area (Å²) in [5.74, 6) is -1.29. The van der Waals surface area contributed by atoms with Gasteiger partial charge in [-0.2, -0.15) is 23.4 Å². The van der Waals surface area contributed by atoms with Crippen molar-refractivity contribution in [1.82, 2.24) is 24.6 Å². The van der Waals surface area contributed by atoms with Crippen molar-refractivity contribution in [3.63, 3.8) is 0 Å². The van der Waals surface area contributed by atoms with Crippen LogP contribution in [0.3, 0.4) is 0 Å². The number of halogens is 3. The predicted molar refractivity (Wildman–Crippen MR) is 120 cm³/mol.